The molecule has 0 aromatic heterocycles. The number of hydrogen-bond acceptors (Lipinski definition) is 3. The topological polar surface area (TPSA) is 54.4 Å². The molecule has 0 fully saturated rings. The van der Waals surface area contributed by atoms with Crippen LogP contribution in [-0.2, 0) is 5.41 Å². The zero-order valence-corrected chi connectivity index (χ0v) is 20.4. The van der Waals surface area contributed by atoms with Crippen molar-refractivity contribution < 1.29 is 14.7 Å². The lowest BCUT2D eigenvalue weighted by Crippen LogP contribution is -2.41. The van der Waals surface area contributed by atoms with Crippen LogP contribution < -0.4 is 0 Å². The fourth-order valence-electron chi connectivity index (χ4n) is 4.29. The maximum absolute atomic E-state index is 13.0. The predicted octanol–water partition coefficient (Wildman–Crippen LogP) is 6.59. The Hall–Kier alpha value is -2.26. The van der Waals surface area contributed by atoms with Crippen LogP contribution in [0.5, 0.6) is 0 Å². The molecule has 3 heteroatoms. The first-order valence-electron chi connectivity index (χ1n) is 11.3. The largest absolute Gasteiger partial charge is 0.389 e. The monoisotopic (exact) mass is 422 g/mol. The number of aryl methyl sites for hydroxylation is 2. The van der Waals surface area contributed by atoms with E-state index in [1.54, 1.807) is 6.92 Å². The summed E-state index contributed by atoms with van der Waals surface area (Å²) in [7, 11) is 0. The summed E-state index contributed by atoms with van der Waals surface area (Å²) in [6, 6.07) is 12.2. The van der Waals surface area contributed by atoms with Crippen molar-refractivity contribution >= 4 is 12.1 Å². The normalized spacial score (nSPS) is 14.2. The highest BCUT2D eigenvalue weighted by Crippen LogP contribution is 2.40. The van der Waals surface area contributed by atoms with Crippen molar-refractivity contribution in [2.75, 3.05) is 0 Å². The van der Waals surface area contributed by atoms with E-state index in [1.165, 1.54) is 11.1 Å². The van der Waals surface area contributed by atoms with Gasteiger partial charge in [-0.3, -0.25) is 9.59 Å². The van der Waals surface area contributed by atoms with Crippen molar-refractivity contribution in [1.29, 1.82) is 0 Å². The van der Waals surface area contributed by atoms with E-state index in [9.17, 15) is 14.7 Å². The van der Waals surface area contributed by atoms with E-state index >= 15 is 0 Å². The number of Topliss-reactive ketones (excluding diaryl/α,β-unsaturated/α-hetero) is 1. The van der Waals surface area contributed by atoms with E-state index < -0.39 is 5.60 Å². The second-order valence-electron chi connectivity index (χ2n) is 10.1. The first-order valence-corrected chi connectivity index (χ1v) is 11.3. The highest BCUT2D eigenvalue weighted by atomic mass is 16.3. The van der Waals surface area contributed by atoms with Crippen molar-refractivity contribution in [3.63, 3.8) is 0 Å². The maximum Gasteiger partial charge on any atom is 0.166 e. The third-order valence-electron chi connectivity index (χ3n) is 7.36. The van der Waals surface area contributed by atoms with Crippen LogP contribution >= 0.6 is 0 Å². The summed E-state index contributed by atoms with van der Waals surface area (Å²) in [5.41, 5.74) is 4.00. The average molecular weight is 423 g/mol. The van der Waals surface area contributed by atoms with Crippen molar-refractivity contribution in [2.24, 2.45) is 5.41 Å². The van der Waals surface area contributed by atoms with Gasteiger partial charge in [0.05, 0.1) is 5.60 Å². The molecule has 0 saturated carbocycles. The third kappa shape index (κ3) is 4.82. The van der Waals surface area contributed by atoms with Crippen LogP contribution in [0.4, 0.5) is 0 Å². The van der Waals surface area contributed by atoms with Crippen LogP contribution in [0.3, 0.4) is 0 Å². The summed E-state index contributed by atoms with van der Waals surface area (Å²) >= 11 is 0. The highest BCUT2D eigenvalue weighted by molar-refractivity contribution is 5.98. The fraction of sp³-hybridized carbons (Fsp3) is 0.500. The maximum atomic E-state index is 13.0. The summed E-state index contributed by atoms with van der Waals surface area (Å²) in [6.07, 6.45) is 2.81. The van der Waals surface area contributed by atoms with Crippen molar-refractivity contribution in [3.05, 3.63) is 69.8 Å². The Kier molecular flexibility index (Phi) is 7.32. The third-order valence-corrected chi connectivity index (χ3v) is 7.36. The second-order valence-corrected chi connectivity index (χ2v) is 10.1. The molecule has 31 heavy (non-hydrogen) atoms. The molecular weight excluding hydrogens is 384 g/mol. The lowest BCUT2D eigenvalue weighted by Gasteiger charge is -2.37. The van der Waals surface area contributed by atoms with Gasteiger partial charge in [0.15, 0.2) is 5.78 Å². The summed E-state index contributed by atoms with van der Waals surface area (Å²) < 4.78 is 0. The zero-order chi connectivity index (χ0) is 23.6. The van der Waals surface area contributed by atoms with Gasteiger partial charge in [-0.2, -0.15) is 0 Å². The van der Waals surface area contributed by atoms with Gasteiger partial charge in [-0.1, -0.05) is 71.0 Å². The number of aliphatic hydroxyl groups is 1. The molecule has 0 spiro atoms. The minimum Gasteiger partial charge on any atom is -0.389 e. The standard InChI is InChI=1S/C28H38O3/c1-9-28(10-2,22-12-11-21(18-29)19(3)15-22)23-13-14-24(20(4)16-23)25(30)17-27(8,31)26(5,6)7/h11-16,18,31H,9-10,17H2,1-8H3. The first-order chi connectivity index (χ1) is 14.3. The minimum atomic E-state index is -1.08. The Bertz CT molecular complexity index is 957. The molecule has 0 heterocycles. The molecule has 2 rings (SSSR count). The Morgan fingerprint density at radius 3 is 1.84 bits per heavy atom. The van der Waals surface area contributed by atoms with E-state index in [-0.39, 0.29) is 23.0 Å². The molecule has 0 bridgehead atoms. The molecule has 0 radical (unpaired) electrons. The van der Waals surface area contributed by atoms with E-state index in [0.717, 1.165) is 30.3 Å². The number of carbonyl (C=O) groups is 2. The Balaban J connectivity index is 2.48. The highest BCUT2D eigenvalue weighted by Gasteiger charge is 2.38. The number of benzene rings is 2. The van der Waals surface area contributed by atoms with E-state index in [4.69, 9.17) is 0 Å². The molecule has 0 amide bonds. The van der Waals surface area contributed by atoms with Crippen molar-refractivity contribution in [1.82, 2.24) is 0 Å². The minimum absolute atomic E-state index is 0.0336. The lowest BCUT2D eigenvalue weighted by atomic mass is 9.69. The fourth-order valence-corrected chi connectivity index (χ4v) is 4.29. The van der Waals surface area contributed by atoms with Gasteiger partial charge in [0, 0.05) is 23.0 Å². The molecule has 0 aliphatic heterocycles. The van der Waals surface area contributed by atoms with Gasteiger partial charge in [0.1, 0.15) is 6.29 Å². The van der Waals surface area contributed by atoms with Gasteiger partial charge < -0.3 is 5.11 Å². The predicted molar refractivity (Wildman–Crippen MR) is 128 cm³/mol. The molecule has 0 aliphatic carbocycles. The van der Waals surface area contributed by atoms with Crippen LogP contribution in [-0.4, -0.2) is 22.8 Å². The van der Waals surface area contributed by atoms with Crippen LogP contribution in [0.15, 0.2) is 36.4 Å². The zero-order valence-electron chi connectivity index (χ0n) is 20.4. The summed E-state index contributed by atoms with van der Waals surface area (Å²) in [6.45, 7) is 15.9. The van der Waals surface area contributed by atoms with Gasteiger partial charge in [-0.15, -0.1) is 0 Å². The van der Waals surface area contributed by atoms with Gasteiger partial charge >= 0.3 is 0 Å². The molecule has 168 valence electrons. The van der Waals surface area contributed by atoms with Gasteiger partial charge in [-0.25, -0.2) is 0 Å². The number of carbonyl (C=O) groups excluding carboxylic acids is 2. The molecule has 2 aromatic rings. The van der Waals surface area contributed by atoms with Crippen LogP contribution in [0.1, 0.15) is 104 Å². The van der Waals surface area contributed by atoms with Crippen LogP contribution in [0, 0.1) is 19.3 Å². The molecular formula is C28H38O3. The van der Waals surface area contributed by atoms with Crippen molar-refractivity contribution in [2.45, 2.75) is 85.7 Å². The summed E-state index contributed by atoms with van der Waals surface area (Å²) in [5.74, 6) is -0.0336. The van der Waals surface area contributed by atoms with Gasteiger partial charge in [0.25, 0.3) is 0 Å². The number of aldehydes is 1. The summed E-state index contributed by atoms with van der Waals surface area (Å²) in [4.78, 5) is 24.3. The number of rotatable bonds is 8. The second kappa shape index (κ2) is 9.08. The molecule has 1 unspecified atom stereocenters. The van der Waals surface area contributed by atoms with Gasteiger partial charge in [-0.05, 0) is 61.3 Å². The Morgan fingerprint density at radius 2 is 1.42 bits per heavy atom. The van der Waals surface area contributed by atoms with Crippen LogP contribution in [0.2, 0.25) is 0 Å². The summed E-state index contributed by atoms with van der Waals surface area (Å²) in [5, 5.41) is 10.8. The quantitative estimate of drug-likeness (QED) is 0.385. The first kappa shape index (κ1) is 25.0. The lowest BCUT2D eigenvalue weighted by molar-refractivity contribution is -0.0414. The molecule has 0 aliphatic rings. The number of ketones is 1. The average Bonchev–Trinajstić information content (AvgIpc) is 2.68. The Morgan fingerprint density at radius 1 is 0.903 bits per heavy atom. The van der Waals surface area contributed by atoms with E-state index in [1.807, 2.05) is 46.8 Å². The van der Waals surface area contributed by atoms with E-state index in [0.29, 0.717) is 11.1 Å². The smallest absolute Gasteiger partial charge is 0.166 e. The molecule has 1 N–H and O–H groups in total. The van der Waals surface area contributed by atoms with Crippen molar-refractivity contribution in [3.8, 4) is 0 Å². The molecule has 2 aromatic carbocycles. The Labute approximate surface area is 187 Å². The molecule has 3 nitrogen and oxygen atoms in total. The van der Waals surface area contributed by atoms with E-state index in [2.05, 4.69) is 38.1 Å². The van der Waals surface area contributed by atoms with Gasteiger partial charge in [0.2, 0.25) is 0 Å². The molecule has 1 atom stereocenters. The SMILES string of the molecule is CCC(CC)(c1ccc(C=O)c(C)c1)c1ccc(C(=O)CC(C)(O)C(C)(C)C)c(C)c1. The number of hydrogen-bond donors (Lipinski definition) is 1. The molecule has 0 saturated heterocycles. The van der Waals surface area contributed by atoms with Crippen LogP contribution in [0.25, 0.3) is 0 Å².